The Morgan fingerprint density at radius 2 is 1.62 bits per heavy atom. The van der Waals surface area contributed by atoms with Gasteiger partial charge in [0.15, 0.2) is 5.75 Å². The maximum Gasteiger partial charge on any atom is 0.411 e. The van der Waals surface area contributed by atoms with E-state index in [2.05, 4.69) is 15.5 Å². The molecule has 0 radical (unpaired) electrons. The summed E-state index contributed by atoms with van der Waals surface area (Å²) in [5, 5.41) is 23.3. The lowest BCUT2D eigenvalue weighted by Gasteiger charge is -2.22. The summed E-state index contributed by atoms with van der Waals surface area (Å²) in [7, 11) is 0. The fourth-order valence-electron chi connectivity index (χ4n) is 3.57. The molecular formula is C23H23N3O3. The standard InChI is InChI=1S/C23H23N3O3/c27-22-18-11-5-4-8-16(18)14-15-21(22)26-25-20-13-7-6-12-19(20)24-23(28)29-17-9-2-1-3-10-17/h4-8,11-15,17,27H,1-3,9-10H2,(H,24,28). The molecule has 1 amide bonds. The molecule has 3 aromatic carbocycles. The van der Waals surface area contributed by atoms with Gasteiger partial charge in [0.2, 0.25) is 0 Å². The van der Waals surface area contributed by atoms with Gasteiger partial charge in [-0.15, -0.1) is 10.2 Å². The van der Waals surface area contributed by atoms with Crippen LogP contribution in [0.2, 0.25) is 0 Å². The Morgan fingerprint density at radius 1 is 0.897 bits per heavy atom. The topological polar surface area (TPSA) is 83.3 Å². The normalized spacial score (nSPS) is 14.9. The van der Waals surface area contributed by atoms with Crippen molar-refractivity contribution in [3.05, 3.63) is 60.7 Å². The molecule has 1 fully saturated rings. The maximum absolute atomic E-state index is 12.3. The lowest BCUT2D eigenvalue weighted by atomic mass is 9.98. The summed E-state index contributed by atoms with van der Waals surface area (Å²) in [6.07, 6.45) is 4.72. The van der Waals surface area contributed by atoms with Crippen molar-refractivity contribution in [2.75, 3.05) is 5.32 Å². The van der Waals surface area contributed by atoms with Crippen molar-refractivity contribution in [1.29, 1.82) is 0 Å². The summed E-state index contributed by atoms with van der Waals surface area (Å²) in [5.41, 5.74) is 1.36. The highest BCUT2D eigenvalue weighted by Gasteiger charge is 2.18. The zero-order valence-electron chi connectivity index (χ0n) is 16.0. The molecule has 0 spiro atoms. The van der Waals surface area contributed by atoms with E-state index in [1.54, 1.807) is 18.2 Å². The van der Waals surface area contributed by atoms with Crippen LogP contribution in [0.15, 0.2) is 70.9 Å². The number of carbonyl (C=O) groups excluding carboxylic acids is 1. The highest BCUT2D eigenvalue weighted by molar-refractivity contribution is 5.92. The fourth-order valence-corrected chi connectivity index (χ4v) is 3.57. The third kappa shape index (κ3) is 4.54. The monoisotopic (exact) mass is 389 g/mol. The van der Waals surface area contributed by atoms with Gasteiger partial charge in [0, 0.05) is 5.39 Å². The average molecular weight is 389 g/mol. The molecule has 0 atom stereocenters. The predicted octanol–water partition coefficient (Wildman–Crippen LogP) is 6.84. The SMILES string of the molecule is O=C(Nc1ccccc1N=Nc1ccc2ccccc2c1O)OC1CCCCC1. The Balaban J connectivity index is 1.51. The molecule has 3 aromatic rings. The molecule has 0 bridgehead atoms. The Kier molecular flexibility index (Phi) is 5.70. The van der Waals surface area contributed by atoms with Crippen molar-refractivity contribution in [2.24, 2.45) is 10.2 Å². The van der Waals surface area contributed by atoms with Gasteiger partial charge >= 0.3 is 6.09 Å². The Bertz CT molecular complexity index is 1040. The van der Waals surface area contributed by atoms with E-state index in [9.17, 15) is 9.90 Å². The third-order valence-electron chi connectivity index (χ3n) is 5.11. The molecular weight excluding hydrogens is 366 g/mol. The van der Waals surface area contributed by atoms with Crippen LogP contribution in [0.4, 0.5) is 21.9 Å². The minimum Gasteiger partial charge on any atom is -0.505 e. The maximum atomic E-state index is 12.3. The van der Waals surface area contributed by atoms with E-state index in [1.165, 1.54) is 6.42 Å². The highest BCUT2D eigenvalue weighted by atomic mass is 16.6. The third-order valence-corrected chi connectivity index (χ3v) is 5.11. The zero-order chi connectivity index (χ0) is 20.1. The number of phenolic OH excluding ortho intramolecular Hbond substituents is 1. The van der Waals surface area contributed by atoms with Gasteiger partial charge in [0.05, 0.1) is 5.69 Å². The second-order valence-corrected chi connectivity index (χ2v) is 7.16. The number of hydrogen-bond donors (Lipinski definition) is 2. The summed E-state index contributed by atoms with van der Waals surface area (Å²) in [4.78, 5) is 12.3. The Hall–Kier alpha value is -3.41. The molecule has 148 valence electrons. The molecule has 0 heterocycles. The van der Waals surface area contributed by atoms with Crippen molar-refractivity contribution >= 4 is 33.9 Å². The number of amides is 1. The molecule has 0 saturated heterocycles. The molecule has 1 aliphatic rings. The summed E-state index contributed by atoms with van der Waals surface area (Å²) in [6.45, 7) is 0. The number of nitrogens with one attached hydrogen (secondary N) is 1. The number of fused-ring (bicyclic) bond motifs is 1. The van der Waals surface area contributed by atoms with Crippen LogP contribution in [0.25, 0.3) is 10.8 Å². The van der Waals surface area contributed by atoms with Crippen molar-refractivity contribution in [3.8, 4) is 5.75 Å². The van der Waals surface area contributed by atoms with E-state index < -0.39 is 6.09 Å². The number of hydrogen-bond acceptors (Lipinski definition) is 5. The molecule has 0 unspecified atom stereocenters. The summed E-state index contributed by atoms with van der Waals surface area (Å²) in [6, 6.07) is 18.2. The summed E-state index contributed by atoms with van der Waals surface area (Å²) < 4.78 is 5.52. The van der Waals surface area contributed by atoms with Crippen molar-refractivity contribution in [1.82, 2.24) is 0 Å². The van der Waals surface area contributed by atoms with Crippen molar-refractivity contribution < 1.29 is 14.6 Å². The van der Waals surface area contributed by atoms with Crippen LogP contribution in [0, 0.1) is 0 Å². The first-order chi connectivity index (χ1) is 14.2. The summed E-state index contributed by atoms with van der Waals surface area (Å²) >= 11 is 0. The van der Waals surface area contributed by atoms with Gasteiger partial charge in [0.25, 0.3) is 0 Å². The van der Waals surface area contributed by atoms with E-state index in [0.717, 1.165) is 31.1 Å². The fraction of sp³-hybridized carbons (Fsp3) is 0.261. The number of nitrogens with zero attached hydrogens (tertiary/aromatic N) is 2. The Morgan fingerprint density at radius 3 is 2.48 bits per heavy atom. The Labute approximate surface area is 169 Å². The van der Waals surface area contributed by atoms with Crippen molar-refractivity contribution in [2.45, 2.75) is 38.2 Å². The number of carbonyl (C=O) groups is 1. The van der Waals surface area contributed by atoms with Crippen LogP contribution < -0.4 is 5.32 Å². The quantitative estimate of drug-likeness (QED) is 0.479. The van der Waals surface area contributed by atoms with Gasteiger partial charge in [-0.3, -0.25) is 5.32 Å². The van der Waals surface area contributed by atoms with E-state index >= 15 is 0 Å². The first-order valence-corrected chi connectivity index (χ1v) is 9.90. The lowest BCUT2D eigenvalue weighted by molar-refractivity contribution is 0.0865. The number of anilines is 1. The number of benzene rings is 3. The van der Waals surface area contributed by atoms with Crippen LogP contribution in [-0.4, -0.2) is 17.3 Å². The smallest absolute Gasteiger partial charge is 0.411 e. The number of azo groups is 1. The van der Waals surface area contributed by atoms with Crippen LogP contribution in [-0.2, 0) is 4.74 Å². The molecule has 1 aliphatic carbocycles. The molecule has 6 nitrogen and oxygen atoms in total. The molecule has 2 N–H and O–H groups in total. The molecule has 4 rings (SSSR count). The average Bonchev–Trinajstić information content (AvgIpc) is 2.75. The van der Waals surface area contributed by atoms with E-state index in [0.29, 0.717) is 22.4 Å². The summed E-state index contributed by atoms with van der Waals surface area (Å²) in [5.74, 6) is 0.0778. The molecule has 1 saturated carbocycles. The number of rotatable bonds is 4. The van der Waals surface area contributed by atoms with Gasteiger partial charge in [-0.05, 0) is 49.3 Å². The van der Waals surface area contributed by atoms with Crippen LogP contribution >= 0.6 is 0 Å². The van der Waals surface area contributed by atoms with Crippen LogP contribution in [0.1, 0.15) is 32.1 Å². The number of phenols is 1. The zero-order valence-corrected chi connectivity index (χ0v) is 16.0. The lowest BCUT2D eigenvalue weighted by Crippen LogP contribution is -2.24. The number of para-hydroxylation sites is 1. The van der Waals surface area contributed by atoms with Gasteiger partial charge in [-0.25, -0.2) is 4.79 Å². The second-order valence-electron chi connectivity index (χ2n) is 7.16. The number of ether oxygens (including phenoxy) is 1. The molecule has 0 aromatic heterocycles. The van der Waals surface area contributed by atoms with E-state index in [-0.39, 0.29) is 11.9 Å². The largest absolute Gasteiger partial charge is 0.505 e. The van der Waals surface area contributed by atoms with Crippen LogP contribution in [0.5, 0.6) is 5.75 Å². The second kappa shape index (κ2) is 8.73. The van der Waals surface area contributed by atoms with Gasteiger partial charge < -0.3 is 9.84 Å². The molecule has 0 aliphatic heterocycles. The first kappa shape index (κ1) is 18.9. The molecule has 6 heteroatoms. The van der Waals surface area contributed by atoms with E-state index in [4.69, 9.17) is 4.74 Å². The first-order valence-electron chi connectivity index (χ1n) is 9.90. The predicted molar refractivity (Wildman–Crippen MR) is 113 cm³/mol. The van der Waals surface area contributed by atoms with Crippen LogP contribution in [0.3, 0.4) is 0 Å². The minimum atomic E-state index is -0.479. The van der Waals surface area contributed by atoms with Gasteiger partial charge in [0.1, 0.15) is 17.5 Å². The van der Waals surface area contributed by atoms with Gasteiger partial charge in [-0.2, -0.15) is 0 Å². The van der Waals surface area contributed by atoms with Crippen molar-refractivity contribution in [3.63, 3.8) is 0 Å². The van der Waals surface area contributed by atoms with Gasteiger partial charge in [-0.1, -0.05) is 48.9 Å². The number of aromatic hydroxyl groups is 1. The molecule has 29 heavy (non-hydrogen) atoms. The van der Waals surface area contributed by atoms with E-state index in [1.807, 2.05) is 42.5 Å². The highest BCUT2D eigenvalue weighted by Crippen LogP contribution is 2.36. The minimum absolute atomic E-state index is 0.0212.